The van der Waals surface area contributed by atoms with E-state index in [1.807, 2.05) is 0 Å². The predicted molar refractivity (Wildman–Crippen MR) is 166 cm³/mol. The standard InChI is InChI=1S/C27H48N6O13S/c34-17-18-24(43)25(44)26(45)27(46-18)47-12-1-19(35)28-2-3-29-20(36)13-30-4-6-31(14-21(37)38)8-10-33(16-23(41)42)11-9-32(7-5-30)15-22(39)40/h18,24-27,34,43-45H,1-17H2,(H,28,35)(H,29,36)(H,37,38)(H,39,40)(H,41,42)/t18-,24-,25+,26-,27+/m1/s1. The van der Waals surface area contributed by atoms with Gasteiger partial charge in [0.1, 0.15) is 29.9 Å². The van der Waals surface area contributed by atoms with Crippen LogP contribution in [0.2, 0.25) is 0 Å². The second-order valence-corrected chi connectivity index (χ2v) is 12.5. The number of carboxylic acids is 3. The Morgan fingerprint density at radius 1 is 0.617 bits per heavy atom. The molecule has 2 fully saturated rings. The number of carboxylic acid groups (broad SMARTS) is 3. The molecule has 0 aromatic carbocycles. The van der Waals surface area contributed by atoms with E-state index >= 15 is 0 Å². The number of nitrogens with one attached hydrogen (secondary N) is 2. The normalized spacial score (nSPS) is 26.1. The third-order valence-corrected chi connectivity index (χ3v) is 8.76. The van der Waals surface area contributed by atoms with Crippen molar-refractivity contribution in [2.75, 3.05) is 104 Å². The maximum atomic E-state index is 12.7. The number of amides is 2. The van der Waals surface area contributed by atoms with Crippen LogP contribution in [0.5, 0.6) is 0 Å². The molecule has 19 nitrogen and oxygen atoms in total. The summed E-state index contributed by atoms with van der Waals surface area (Å²) in [7, 11) is 0. The summed E-state index contributed by atoms with van der Waals surface area (Å²) in [6.07, 6.45) is -5.36. The first-order chi connectivity index (χ1) is 22.3. The van der Waals surface area contributed by atoms with Crippen LogP contribution in [0.15, 0.2) is 0 Å². The summed E-state index contributed by atoms with van der Waals surface area (Å²) >= 11 is 1.05. The first-order valence-corrected chi connectivity index (χ1v) is 16.3. The van der Waals surface area contributed by atoms with Crippen molar-refractivity contribution in [3.8, 4) is 0 Å². The van der Waals surface area contributed by atoms with E-state index in [0.29, 0.717) is 13.1 Å². The highest BCUT2D eigenvalue weighted by Gasteiger charge is 2.43. The summed E-state index contributed by atoms with van der Waals surface area (Å²) in [6.45, 7) is 1.02. The van der Waals surface area contributed by atoms with Gasteiger partial charge >= 0.3 is 17.9 Å². The summed E-state index contributed by atoms with van der Waals surface area (Å²) < 4.78 is 5.39. The molecule has 47 heavy (non-hydrogen) atoms. The van der Waals surface area contributed by atoms with Gasteiger partial charge in [-0.15, -0.1) is 11.8 Å². The molecule has 2 saturated heterocycles. The van der Waals surface area contributed by atoms with Crippen LogP contribution in [0.4, 0.5) is 0 Å². The number of carbonyl (C=O) groups is 5. The van der Waals surface area contributed by atoms with E-state index < -0.39 is 54.4 Å². The molecule has 2 rings (SSSR count). The molecule has 0 aromatic rings. The van der Waals surface area contributed by atoms with Gasteiger partial charge in [0.05, 0.1) is 32.8 Å². The molecule has 2 aliphatic heterocycles. The smallest absolute Gasteiger partial charge is 0.317 e. The molecule has 2 aliphatic rings. The zero-order valence-electron chi connectivity index (χ0n) is 26.2. The van der Waals surface area contributed by atoms with Crippen LogP contribution in [-0.2, 0) is 28.7 Å². The molecular weight excluding hydrogens is 648 g/mol. The predicted octanol–water partition coefficient (Wildman–Crippen LogP) is -5.38. The maximum absolute atomic E-state index is 12.7. The lowest BCUT2D eigenvalue weighted by Crippen LogP contribution is -2.57. The van der Waals surface area contributed by atoms with E-state index in [1.54, 1.807) is 19.6 Å². The number of aliphatic carboxylic acids is 3. The zero-order chi connectivity index (χ0) is 34.9. The summed E-state index contributed by atoms with van der Waals surface area (Å²) in [5.41, 5.74) is -0.942. The van der Waals surface area contributed by atoms with Gasteiger partial charge in [0, 0.05) is 77.6 Å². The highest BCUT2D eigenvalue weighted by Crippen LogP contribution is 2.28. The van der Waals surface area contributed by atoms with E-state index in [2.05, 4.69) is 10.6 Å². The van der Waals surface area contributed by atoms with Crippen molar-refractivity contribution in [1.29, 1.82) is 0 Å². The third kappa shape index (κ3) is 15.9. The summed E-state index contributed by atoms with van der Waals surface area (Å²) in [5.74, 6) is -3.62. The second-order valence-electron chi connectivity index (χ2n) is 11.3. The molecule has 2 heterocycles. The number of carbonyl (C=O) groups excluding carboxylic acids is 2. The third-order valence-electron chi connectivity index (χ3n) is 7.60. The van der Waals surface area contributed by atoms with Crippen LogP contribution in [0.3, 0.4) is 0 Å². The monoisotopic (exact) mass is 696 g/mol. The van der Waals surface area contributed by atoms with Crippen LogP contribution in [0, 0.1) is 0 Å². The Morgan fingerprint density at radius 2 is 1.02 bits per heavy atom. The van der Waals surface area contributed by atoms with Crippen molar-refractivity contribution in [3.63, 3.8) is 0 Å². The average molecular weight is 697 g/mol. The van der Waals surface area contributed by atoms with Gasteiger partial charge in [0.15, 0.2) is 0 Å². The van der Waals surface area contributed by atoms with Gasteiger partial charge in [-0.2, -0.15) is 0 Å². The van der Waals surface area contributed by atoms with Gasteiger partial charge in [0.25, 0.3) is 0 Å². The van der Waals surface area contributed by atoms with Crippen LogP contribution in [0.25, 0.3) is 0 Å². The van der Waals surface area contributed by atoms with Gasteiger partial charge in [-0.1, -0.05) is 0 Å². The fourth-order valence-corrected chi connectivity index (χ4v) is 6.12. The van der Waals surface area contributed by atoms with Crippen LogP contribution < -0.4 is 10.6 Å². The van der Waals surface area contributed by atoms with Crippen molar-refractivity contribution >= 4 is 41.5 Å². The minimum atomic E-state index is -1.50. The van der Waals surface area contributed by atoms with Crippen molar-refractivity contribution in [1.82, 2.24) is 30.2 Å². The van der Waals surface area contributed by atoms with E-state index in [9.17, 15) is 59.7 Å². The van der Waals surface area contributed by atoms with E-state index in [-0.39, 0.29) is 103 Å². The van der Waals surface area contributed by atoms with Gasteiger partial charge in [0.2, 0.25) is 11.8 Å². The minimum absolute atomic E-state index is 0.0369. The van der Waals surface area contributed by atoms with E-state index in [0.717, 1.165) is 11.8 Å². The Hall–Kier alpha value is -2.66. The molecule has 0 bridgehead atoms. The number of rotatable bonds is 16. The summed E-state index contributed by atoms with van der Waals surface area (Å²) in [4.78, 5) is 65.9. The Balaban J connectivity index is 1.83. The van der Waals surface area contributed by atoms with Gasteiger partial charge in [-0.25, -0.2) is 0 Å². The highest BCUT2D eigenvalue weighted by molar-refractivity contribution is 7.99. The van der Waals surface area contributed by atoms with Crippen molar-refractivity contribution < 1.29 is 64.5 Å². The summed E-state index contributed by atoms with van der Waals surface area (Å²) in [6, 6.07) is 0. The Bertz CT molecular complexity index is 996. The first-order valence-electron chi connectivity index (χ1n) is 15.3. The number of ether oxygens (including phenoxy) is 1. The second kappa shape index (κ2) is 21.3. The SMILES string of the molecule is O=C(O)CN1CCN(CC(=O)O)CCN(CC(=O)NCCNC(=O)CCS[C@@H]2O[C@H](CO)[C@@H](O)[C@H](O)[C@H]2O)CCN(CC(=O)O)CC1. The average Bonchev–Trinajstić information content (AvgIpc) is 2.99. The Labute approximate surface area is 276 Å². The Morgan fingerprint density at radius 3 is 1.43 bits per heavy atom. The topological polar surface area (TPSA) is 273 Å². The Kier molecular flexibility index (Phi) is 18.4. The lowest BCUT2D eigenvalue weighted by molar-refractivity contribution is -0.205. The van der Waals surface area contributed by atoms with E-state index in [1.165, 1.54) is 0 Å². The van der Waals surface area contributed by atoms with Crippen LogP contribution >= 0.6 is 11.8 Å². The molecule has 9 N–H and O–H groups in total. The number of aliphatic hydroxyl groups excluding tert-OH is 4. The molecule has 270 valence electrons. The largest absolute Gasteiger partial charge is 0.480 e. The van der Waals surface area contributed by atoms with Crippen molar-refractivity contribution in [2.45, 2.75) is 36.3 Å². The number of aliphatic hydroxyl groups is 4. The van der Waals surface area contributed by atoms with Crippen molar-refractivity contribution in [3.05, 3.63) is 0 Å². The number of hydrogen-bond acceptors (Lipinski definition) is 15. The molecule has 2 amide bonds. The molecule has 0 saturated carbocycles. The quantitative estimate of drug-likeness (QED) is 0.0681. The molecule has 0 aliphatic carbocycles. The molecule has 0 unspecified atom stereocenters. The molecular formula is C27H48N6O13S. The van der Waals surface area contributed by atoms with Gasteiger partial charge in [-0.3, -0.25) is 43.6 Å². The van der Waals surface area contributed by atoms with Crippen molar-refractivity contribution in [2.24, 2.45) is 0 Å². The first kappa shape index (κ1) is 40.5. The lowest BCUT2D eigenvalue weighted by Gasteiger charge is -2.39. The molecule has 0 radical (unpaired) electrons. The van der Waals surface area contributed by atoms with Crippen LogP contribution in [0.1, 0.15) is 6.42 Å². The minimum Gasteiger partial charge on any atom is -0.480 e. The fraction of sp³-hybridized carbons (Fsp3) is 0.815. The van der Waals surface area contributed by atoms with E-state index in [4.69, 9.17) is 4.74 Å². The molecule has 5 atom stereocenters. The molecule has 0 aromatic heterocycles. The fourth-order valence-electron chi connectivity index (χ4n) is 5.01. The highest BCUT2D eigenvalue weighted by atomic mass is 32.2. The molecule has 0 spiro atoms. The number of nitrogens with zero attached hydrogens (tertiary/aromatic N) is 4. The lowest BCUT2D eigenvalue weighted by atomic mass is 10.0. The van der Waals surface area contributed by atoms with Gasteiger partial charge < -0.3 is 51.1 Å². The maximum Gasteiger partial charge on any atom is 0.317 e. The molecule has 20 heteroatoms. The zero-order valence-corrected chi connectivity index (χ0v) is 27.0. The number of hydrogen-bond donors (Lipinski definition) is 9. The van der Waals surface area contributed by atoms with Gasteiger partial charge in [-0.05, 0) is 0 Å². The van der Waals surface area contributed by atoms with Crippen LogP contribution in [-0.4, -0.2) is 219 Å². The number of thioether (sulfide) groups is 1. The summed E-state index contributed by atoms with van der Waals surface area (Å²) in [5, 5.41) is 72.4.